The number of rotatable bonds is 24. The Labute approximate surface area is 253 Å². The van der Waals surface area contributed by atoms with Crippen LogP contribution < -0.4 is 0 Å². The summed E-state index contributed by atoms with van der Waals surface area (Å²) in [6, 6.07) is 7.35. The minimum atomic E-state index is -1.48. The van der Waals surface area contributed by atoms with Gasteiger partial charge in [-0.25, -0.2) is 0 Å². The Hall–Kier alpha value is -0.964. The van der Waals surface area contributed by atoms with Crippen LogP contribution in [-0.2, 0) is 14.0 Å². The van der Waals surface area contributed by atoms with Gasteiger partial charge in [0, 0.05) is 0 Å². The van der Waals surface area contributed by atoms with E-state index >= 15 is 0 Å². The van der Waals surface area contributed by atoms with E-state index in [2.05, 4.69) is 99.1 Å². The topological polar surface area (TPSA) is 27.7 Å². The van der Waals surface area contributed by atoms with Crippen LogP contribution in [0.1, 0.15) is 60.8 Å². The molecule has 0 spiro atoms. The molecule has 0 radical (unpaired) electrons. The van der Waals surface area contributed by atoms with Gasteiger partial charge in [-0.3, -0.25) is 0 Å². The third-order valence-corrected chi connectivity index (χ3v) is 25.0. The largest absolute Gasteiger partial charge is 0.640 e. The number of allylic oxidation sites excluding steroid dienone is 6. The number of hydrogen-bond acceptors (Lipinski definition) is 3. The highest BCUT2D eigenvalue weighted by atomic mass is 28.3. The summed E-state index contributed by atoms with van der Waals surface area (Å²) in [5.74, 6) is 0. The molecule has 0 saturated heterocycles. The minimum Gasteiger partial charge on any atom is -0.382 e. The van der Waals surface area contributed by atoms with Gasteiger partial charge in [-0.15, -0.1) is 19.7 Å². The molecular formula is C33H63BO3Si3. The van der Waals surface area contributed by atoms with Crippen molar-refractivity contribution < 1.29 is 14.0 Å². The van der Waals surface area contributed by atoms with Crippen LogP contribution in [0.5, 0.6) is 0 Å². The van der Waals surface area contributed by atoms with E-state index in [4.69, 9.17) is 14.0 Å². The van der Waals surface area contributed by atoms with Crippen LogP contribution in [0.15, 0.2) is 71.8 Å². The summed E-state index contributed by atoms with van der Waals surface area (Å²) in [5.41, 5.74) is 0. The molecule has 0 fully saturated rings. The molecule has 0 heterocycles. The molecule has 0 N–H and O–H groups in total. The molecule has 0 amide bonds. The van der Waals surface area contributed by atoms with Gasteiger partial charge in [0.05, 0.1) is 44.0 Å². The summed E-state index contributed by atoms with van der Waals surface area (Å²) in [6.07, 6.45) is 15.7. The van der Waals surface area contributed by atoms with Crippen LogP contribution in [0.25, 0.3) is 0 Å². The van der Waals surface area contributed by atoms with E-state index in [1.165, 1.54) is 51.9 Å². The highest BCUT2D eigenvalue weighted by Gasteiger charge is 2.30. The Morgan fingerprint density at radius 2 is 0.725 bits per heavy atom. The summed E-state index contributed by atoms with van der Waals surface area (Å²) in [7, 11) is -5.15. The number of hydrogen-bond donors (Lipinski definition) is 0. The SMILES string of the molecule is C=CC/C(=C/COB(OC/C=C(\CC=C)[Si](C)(CC)CC)OC/C=C(\CC=C)[Si](C)(CC)CC)[Si](C)(CC)CC. The molecule has 40 heavy (non-hydrogen) atoms. The molecule has 3 nitrogen and oxygen atoms in total. The van der Waals surface area contributed by atoms with Crippen molar-refractivity contribution in [3.8, 4) is 0 Å². The van der Waals surface area contributed by atoms with Gasteiger partial charge in [-0.05, 0) is 19.3 Å². The van der Waals surface area contributed by atoms with E-state index in [-0.39, 0.29) is 0 Å². The van der Waals surface area contributed by atoms with Gasteiger partial charge in [-0.2, -0.15) is 0 Å². The second kappa shape index (κ2) is 20.8. The molecule has 0 aromatic rings. The first kappa shape index (κ1) is 39.0. The molecule has 7 heteroatoms. The van der Waals surface area contributed by atoms with Gasteiger partial charge in [0.2, 0.25) is 0 Å². The predicted octanol–water partition coefficient (Wildman–Crippen LogP) is 10.5. The smallest absolute Gasteiger partial charge is 0.382 e. The zero-order valence-electron chi connectivity index (χ0n) is 27.9. The quantitative estimate of drug-likeness (QED) is 0.0812. The van der Waals surface area contributed by atoms with Crippen molar-refractivity contribution in [3.05, 3.63) is 71.8 Å². The molecule has 0 unspecified atom stereocenters. The Kier molecular flexibility index (Phi) is 20.3. The van der Waals surface area contributed by atoms with Gasteiger partial charge in [0.25, 0.3) is 0 Å². The fourth-order valence-electron chi connectivity index (χ4n) is 5.13. The van der Waals surface area contributed by atoms with Crippen molar-refractivity contribution in [2.45, 2.75) is 117 Å². The van der Waals surface area contributed by atoms with Gasteiger partial charge >= 0.3 is 7.32 Å². The first-order valence-electron chi connectivity index (χ1n) is 15.8. The summed E-state index contributed by atoms with van der Waals surface area (Å²) < 4.78 is 18.8. The lowest BCUT2D eigenvalue weighted by molar-refractivity contribution is 0.122. The first-order valence-corrected chi connectivity index (χ1v) is 24.5. The van der Waals surface area contributed by atoms with Crippen LogP contribution >= 0.6 is 0 Å². The Morgan fingerprint density at radius 1 is 0.500 bits per heavy atom. The lowest BCUT2D eigenvalue weighted by atomic mass is 10.2. The summed E-state index contributed by atoms with van der Waals surface area (Å²) in [4.78, 5) is 0. The molecule has 0 atom stereocenters. The van der Waals surface area contributed by atoms with Gasteiger partial charge in [-0.1, -0.05) is 149 Å². The van der Waals surface area contributed by atoms with Crippen molar-refractivity contribution in [3.63, 3.8) is 0 Å². The molecule has 0 aliphatic carbocycles. The third-order valence-electron chi connectivity index (χ3n) is 9.79. The predicted molar refractivity (Wildman–Crippen MR) is 190 cm³/mol. The van der Waals surface area contributed by atoms with Gasteiger partial charge < -0.3 is 14.0 Å². The first-order chi connectivity index (χ1) is 19.0. The van der Waals surface area contributed by atoms with Crippen LogP contribution in [0, 0.1) is 0 Å². The summed E-state index contributed by atoms with van der Waals surface area (Å²) in [5, 5.41) is 4.52. The Balaban J connectivity index is 5.94. The van der Waals surface area contributed by atoms with E-state index in [1.54, 1.807) is 0 Å². The van der Waals surface area contributed by atoms with Crippen molar-refractivity contribution in [2.24, 2.45) is 0 Å². The second-order valence-corrected chi connectivity index (χ2v) is 27.3. The molecule has 0 saturated carbocycles. The van der Waals surface area contributed by atoms with E-state index in [1.807, 2.05) is 18.2 Å². The molecule has 0 aliphatic rings. The standard InChI is InChI=1S/C33H63BO3Si3/c1-13-22-31(38(10,16-4)17-5)25-28-35-34(36-29-26-32(23-14-2)39(11,18-6)19-7)37-30-27-33(24-15-3)40(12,20-8)21-9/h13-15,25-27H,1-3,16-24,28-30H2,4-12H3/b31-25-,32-26+,33-27+. The average Bonchev–Trinajstić information content (AvgIpc) is 2.98. The van der Waals surface area contributed by atoms with Crippen LogP contribution in [0.4, 0.5) is 0 Å². The third kappa shape index (κ3) is 12.5. The molecule has 0 aliphatic heterocycles. The van der Waals surface area contributed by atoms with Crippen molar-refractivity contribution >= 4 is 31.5 Å². The molecule has 0 aromatic carbocycles. The van der Waals surface area contributed by atoms with E-state index < -0.39 is 31.5 Å². The van der Waals surface area contributed by atoms with Gasteiger partial charge in [0.1, 0.15) is 0 Å². The van der Waals surface area contributed by atoms with Crippen molar-refractivity contribution in [2.75, 3.05) is 19.8 Å². The maximum absolute atomic E-state index is 6.25. The zero-order chi connectivity index (χ0) is 30.7. The summed E-state index contributed by atoms with van der Waals surface area (Å²) in [6.45, 7) is 34.8. The van der Waals surface area contributed by atoms with Gasteiger partial charge in [0.15, 0.2) is 0 Å². The Bertz CT molecular complexity index is 729. The zero-order valence-corrected chi connectivity index (χ0v) is 30.9. The van der Waals surface area contributed by atoms with Crippen molar-refractivity contribution in [1.29, 1.82) is 0 Å². The monoisotopic (exact) mass is 602 g/mol. The highest BCUT2D eigenvalue weighted by molar-refractivity contribution is 6.86. The van der Waals surface area contributed by atoms with E-state index in [0.717, 1.165) is 19.3 Å². The summed E-state index contributed by atoms with van der Waals surface area (Å²) >= 11 is 0. The molecule has 0 aromatic heterocycles. The second-order valence-electron chi connectivity index (χ2n) is 11.8. The fourth-order valence-corrected chi connectivity index (χ4v) is 13.0. The average molecular weight is 603 g/mol. The molecule has 228 valence electrons. The molecular weight excluding hydrogens is 539 g/mol. The van der Waals surface area contributed by atoms with E-state index in [0.29, 0.717) is 19.8 Å². The highest BCUT2D eigenvalue weighted by Crippen LogP contribution is 2.29. The Morgan fingerprint density at radius 3 is 0.900 bits per heavy atom. The lowest BCUT2D eigenvalue weighted by Crippen LogP contribution is -2.33. The molecule has 0 rings (SSSR count). The van der Waals surface area contributed by atoms with Crippen LogP contribution in [0.2, 0.25) is 55.9 Å². The maximum atomic E-state index is 6.25. The molecule has 0 bridgehead atoms. The van der Waals surface area contributed by atoms with Crippen molar-refractivity contribution in [1.82, 2.24) is 0 Å². The van der Waals surface area contributed by atoms with Crippen LogP contribution in [-0.4, -0.2) is 51.4 Å². The maximum Gasteiger partial charge on any atom is 0.640 e. The fraction of sp³-hybridized carbons (Fsp3) is 0.636. The van der Waals surface area contributed by atoms with E-state index in [9.17, 15) is 0 Å². The normalized spacial score (nSPS) is 13.9. The lowest BCUT2D eigenvalue weighted by Gasteiger charge is -2.28. The van der Waals surface area contributed by atoms with Crippen LogP contribution in [0.3, 0.4) is 0 Å². The minimum absolute atomic E-state index is 0.482.